The number of nitrogens with zero attached hydrogens (tertiary/aromatic N) is 3. The van der Waals surface area contributed by atoms with E-state index in [1.165, 1.54) is 13.4 Å². The number of rotatable bonds is 9. The topological polar surface area (TPSA) is 98.5 Å². The summed E-state index contributed by atoms with van der Waals surface area (Å²) in [5, 5.41) is 13.1. The molecule has 0 bridgehead atoms. The summed E-state index contributed by atoms with van der Waals surface area (Å²) in [5.41, 5.74) is 1.44. The highest BCUT2D eigenvalue weighted by Crippen LogP contribution is 2.36. The van der Waals surface area contributed by atoms with Crippen molar-refractivity contribution in [3.63, 3.8) is 0 Å². The number of anilines is 1. The number of halogens is 2. The van der Waals surface area contributed by atoms with E-state index in [1.807, 2.05) is 6.92 Å². The van der Waals surface area contributed by atoms with Crippen LogP contribution in [0.3, 0.4) is 0 Å². The Balaban J connectivity index is 1.54. The van der Waals surface area contributed by atoms with Crippen molar-refractivity contribution in [2.24, 2.45) is 0 Å². The Labute approximate surface area is 197 Å². The summed E-state index contributed by atoms with van der Waals surface area (Å²) in [4.78, 5) is 20.7. The summed E-state index contributed by atoms with van der Waals surface area (Å²) < 4.78 is 40.9. The summed E-state index contributed by atoms with van der Waals surface area (Å²) in [6, 6.07) is 6.13. The molecule has 8 nitrogen and oxygen atoms in total. The molecule has 0 saturated heterocycles. The maximum absolute atomic E-state index is 14.6. The average molecular weight is 489 g/mol. The Morgan fingerprint density at radius 1 is 1.21 bits per heavy atom. The van der Waals surface area contributed by atoms with Crippen LogP contribution < -0.4 is 14.8 Å². The Morgan fingerprint density at radius 3 is 2.71 bits per heavy atom. The third kappa shape index (κ3) is 4.38. The first-order valence-electron chi connectivity index (χ1n) is 10.4. The highest BCUT2D eigenvalue weighted by Gasteiger charge is 2.20. The van der Waals surface area contributed by atoms with Gasteiger partial charge in [0.05, 0.1) is 29.8 Å². The zero-order chi connectivity index (χ0) is 24.4. The van der Waals surface area contributed by atoms with Gasteiger partial charge in [-0.25, -0.2) is 23.5 Å². The van der Waals surface area contributed by atoms with E-state index in [0.717, 1.165) is 23.1 Å². The highest BCUT2D eigenvalue weighted by molar-refractivity contribution is 7.17. The minimum Gasteiger partial charge on any atom is -0.496 e. The van der Waals surface area contributed by atoms with Crippen LogP contribution in [0.2, 0.25) is 0 Å². The van der Waals surface area contributed by atoms with E-state index in [4.69, 9.17) is 9.47 Å². The van der Waals surface area contributed by atoms with Crippen LogP contribution in [0.5, 0.6) is 11.5 Å². The molecule has 0 atom stereocenters. The first-order valence-corrected chi connectivity index (χ1v) is 11.2. The van der Waals surface area contributed by atoms with Crippen LogP contribution in [0, 0.1) is 18.6 Å². The Hall–Kier alpha value is -3.73. The molecule has 3 aromatic heterocycles. The van der Waals surface area contributed by atoms with E-state index < -0.39 is 17.6 Å². The molecule has 3 heterocycles. The molecule has 0 aliphatic carbocycles. The van der Waals surface area contributed by atoms with Crippen molar-refractivity contribution in [1.82, 2.24) is 14.5 Å². The van der Waals surface area contributed by atoms with Crippen LogP contribution in [-0.2, 0) is 6.54 Å². The van der Waals surface area contributed by atoms with Crippen LogP contribution >= 0.6 is 11.3 Å². The van der Waals surface area contributed by atoms with Gasteiger partial charge < -0.3 is 24.5 Å². The van der Waals surface area contributed by atoms with E-state index in [9.17, 15) is 18.7 Å². The van der Waals surface area contributed by atoms with Gasteiger partial charge in [-0.2, -0.15) is 0 Å². The van der Waals surface area contributed by atoms with Gasteiger partial charge in [0.15, 0.2) is 16.5 Å². The van der Waals surface area contributed by atoms with E-state index in [2.05, 4.69) is 15.3 Å². The number of thiophene rings is 1. The zero-order valence-electron chi connectivity index (χ0n) is 18.7. The van der Waals surface area contributed by atoms with Crippen LogP contribution in [0.15, 0.2) is 30.6 Å². The van der Waals surface area contributed by atoms with Crippen molar-refractivity contribution < 1.29 is 28.2 Å². The number of hydrogen-bond donors (Lipinski definition) is 2. The van der Waals surface area contributed by atoms with E-state index >= 15 is 0 Å². The van der Waals surface area contributed by atoms with Gasteiger partial charge in [-0.3, -0.25) is 0 Å². The molecule has 1 aromatic carbocycles. The number of aromatic carboxylic acids is 1. The number of carbonyl (C=O) groups is 1. The number of fused-ring (bicyclic) bond motifs is 1. The normalized spacial score (nSPS) is 11.1. The molecule has 0 saturated carbocycles. The smallest absolute Gasteiger partial charge is 0.349 e. The van der Waals surface area contributed by atoms with Gasteiger partial charge in [-0.05, 0) is 19.9 Å². The Kier molecular flexibility index (Phi) is 6.64. The van der Waals surface area contributed by atoms with Crippen molar-refractivity contribution in [2.75, 3.05) is 25.6 Å². The number of hydrogen-bond acceptors (Lipinski definition) is 7. The molecular formula is C23H22F2N4O4S. The quantitative estimate of drug-likeness (QED) is 0.343. The van der Waals surface area contributed by atoms with Crippen LogP contribution in [0.4, 0.5) is 14.6 Å². The maximum Gasteiger partial charge on any atom is 0.349 e. The summed E-state index contributed by atoms with van der Waals surface area (Å²) >= 11 is 1.07. The Morgan fingerprint density at radius 2 is 2.00 bits per heavy atom. The second-order valence-electron chi connectivity index (χ2n) is 7.33. The fourth-order valence-corrected chi connectivity index (χ4v) is 4.63. The molecule has 0 fully saturated rings. The largest absolute Gasteiger partial charge is 0.496 e. The van der Waals surface area contributed by atoms with Crippen LogP contribution in [0.1, 0.15) is 22.3 Å². The molecule has 0 unspecified atom stereocenters. The number of carboxylic acids is 1. The summed E-state index contributed by atoms with van der Waals surface area (Å²) in [7, 11) is 1.41. The summed E-state index contributed by atoms with van der Waals surface area (Å²) in [6.45, 7) is 4.65. The number of aromatic nitrogens is 3. The predicted octanol–water partition coefficient (Wildman–Crippen LogP) is 4.96. The van der Waals surface area contributed by atoms with Crippen molar-refractivity contribution in [1.29, 1.82) is 0 Å². The van der Waals surface area contributed by atoms with Crippen molar-refractivity contribution in [3.05, 3.63) is 52.8 Å². The third-order valence-corrected chi connectivity index (χ3v) is 6.34. The van der Waals surface area contributed by atoms with Gasteiger partial charge in [0, 0.05) is 42.4 Å². The number of aryl methyl sites for hydroxylation is 1. The molecule has 178 valence electrons. The first-order chi connectivity index (χ1) is 16.3. The maximum atomic E-state index is 14.6. The standard InChI is InChI=1S/C23H22F2N4O4S/c1-4-33-17-10-18(34-22(17)23(30)31)15-9-19(28-11-27-15)26-5-6-29-12(2)7-13-16(32-3)8-14(24)20(25)21(13)29/h7-11H,4-6H2,1-3H3,(H,30,31)(H,26,27,28). The molecule has 34 heavy (non-hydrogen) atoms. The van der Waals surface area contributed by atoms with Gasteiger partial charge in [0.1, 0.15) is 23.6 Å². The molecule has 0 aliphatic heterocycles. The average Bonchev–Trinajstić information content (AvgIpc) is 3.38. The highest BCUT2D eigenvalue weighted by atomic mass is 32.1. The first kappa shape index (κ1) is 23.4. The SMILES string of the molecule is CCOc1cc(-c2cc(NCCn3c(C)cc4c(OC)cc(F)c(F)c43)ncn2)sc1C(=O)O. The fraction of sp³-hybridized carbons (Fsp3) is 0.261. The molecule has 2 N–H and O–H groups in total. The fourth-order valence-electron chi connectivity index (χ4n) is 3.72. The van der Waals surface area contributed by atoms with Crippen molar-refractivity contribution >= 4 is 34.0 Å². The van der Waals surface area contributed by atoms with Gasteiger partial charge in [0.25, 0.3) is 0 Å². The van der Waals surface area contributed by atoms with Crippen molar-refractivity contribution in [2.45, 2.75) is 20.4 Å². The minimum absolute atomic E-state index is 0.101. The lowest BCUT2D eigenvalue weighted by Gasteiger charge is -2.12. The van der Waals surface area contributed by atoms with Crippen LogP contribution in [0.25, 0.3) is 21.5 Å². The monoisotopic (exact) mass is 488 g/mol. The predicted molar refractivity (Wildman–Crippen MR) is 125 cm³/mol. The van der Waals surface area contributed by atoms with Gasteiger partial charge in [0.2, 0.25) is 0 Å². The molecule has 0 amide bonds. The number of ether oxygens (including phenoxy) is 2. The zero-order valence-corrected chi connectivity index (χ0v) is 19.5. The Bertz CT molecular complexity index is 1370. The minimum atomic E-state index is -1.07. The third-order valence-electron chi connectivity index (χ3n) is 5.22. The number of nitrogens with one attached hydrogen (secondary N) is 1. The van der Waals surface area contributed by atoms with Crippen LogP contribution in [-0.4, -0.2) is 45.9 Å². The number of carboxylic acid groups (broad SMARTS) is 1. The summed E-state index contributed by atoms with van der Waals surface area (Å²) in [6.07, 6.45) is 1.37. The van der Waals surface area contributed by atoms with E-state index in [-0.39, 0.29) is 16.1 Å². The lowest BCUT2D eigenvalue weighted by molar-refractivity contribution is 0.0698. The van der Waals surface area contributed by atoms with Gasteiger partial charge in [-0.1, -0.05) is 0 Å². The lowest BCUT2D eigenvalue weighted by Crippen LogP contribution is -2.13. The van der Waals surface area contributed by atoms with E-state index in [0.29, 0.717) is 47.2 Å². The van der Waals surface area contributed by atoms with E-state index in [1.54, 1.807) is 29.7 Å². The molecule has 4 aromatic rings. The molecule has 11 heteroatoms. The number of methoxy groups -OCH3 is 1. The lowest BCUT2D eigenvalue weighted by atomic mass is 10.2. The second-order valence-corrected chi connectivity index (χ2v) is 8.38. The molecule has 4 rings (SSSR count). The van der Waals surface area contributed by atoms with Gasteiger partial charge in [-0.15, -0.1) is 11.3 Å². The second kappa shape index (κ2) is 9.64. The molecular weight excluding hydrogens is 466 g/mol. The molecule has 0 radical (unpaired) electrons. The summed E-state index contributed by atoms with van der Waals surface area (Å²) in [5.74, 6) is -1.89. The van der Waals surface area contributed by atoms with Crippen molar-refractivity contribution in [3.8, 4) is 22.1 Å². The number of benzene rings is 1. The molecule has 0 spiro atoms. The van der Waals surface area contributed by atoms with Gasteiger partial charge >= 0.3 is 5.97 Å². The molecule has 0 aliphatic rings.